The van der Waals surface area contributed by atoms with Crippen LogP contribution in [0.1, 0.15) is 104 Å². The molecule has 0 aliphatic heterocycles. The van der Waals surface area contributed by atoms with Crippen molar-refractivity contribution in [2.45, 2.75) is 111 Å². The standard InChI is InChI=1S/C30H42N4O2/c1-4-7-10-11-16-21-33-22-25(36-27(35)20-13-9-6-3)28-29(33)32-26(19-12-8-5-2)34-24-18-15-14-17-23(24)31-30(28)34/h14-15,17-18,22H,4-13,16,19-21H2,1-3H3. The van der Waals surface area contributed by atoms with Crippen molar-refractivity contribution in [1.29, 1.82) is 0 Å². The Bertz CT molecular complexity index is 1290. The van der Waals surface area contributed by atoms with Crippen LogP contribution in [-0.2, 0) is 17.8 Å². The fourth-order valence-corrected chi connectivity index (χ4v) is 5.01. The third-order valence-corrected chi connectivity index (χ3v) is 7.01. The first-order valence-electron chi connectivity index (χ1n) is 14.2. The minimum Gasteiger partial charge on any atom is -0.424 e. The van der Waals surface area contributed by atoms with Crippen molar-refractivity contribution in [3.63, 3.8) is 0 Å². The Morgan fingerprint density at radius 2 is 1.56 bits per heavy atom. The number of unbranched alkanes of at least 4 members (excludes halogenated alkanes) is 8. The number of imidazole rings is 1. The number of hydrogen-bond donors (Lipinski definition) is 0. The van der Waals surface area contributed by atoms with E-state index < -0.39 is 0 Å². The van der Waals surface area contributed by atoms with Crippen LogP contribution in [-0.4, -0.2) is 24.9 Å². The van der Waals surface area contributed by atoms with Gasteiger partial charge in [-0.15, -0.1) is 0 Å². The zero-order valence-corrected chi connectivity index (χ0v) is 22.4. The highest BCUT2D eigenvalue weighted by atomic mass is 16.5. The van der Waals surface area contributed by atoms with E-state index in [-0.39, 0.29) is 5.97 Å². The Labute approximate surface area is 215 Å². The summed E-state index contributed by atoms with van der Waals surface area (Å²) < 4.78 is 10.4. The molecule has 0 saturated carbocycles. The number of carbonyl (C=O) groups is 1. The number of para-hydroxylation sites is 2. The van der Waals surface area contributed by atoms with Gasteiger partial charge in [0, 0.05) is 25.6 Å². The molecule has 0 unspecified atom stereocenters. The number of benzene rings is 1. The quantitative estimate of drug-likeness (QED) is 0.125. The summed E-state index contributed by atoms with van der Waals surface area (Å²) in [5.74, 6) is 1.45. The fourth-order valence-electron chi connectivity index (χ4n) is 5.01. The molecule has 0 N–H and O–H groups in total. The molecule has 0 saturated heterocycles. The van der Waals surface area contributed by atoms with Gasteiger partial charge in [-0.3, -0.25) is 9.20 Å². The molecular formula is C30H42N4O2. The van der Waals surface area contributed by atoms with E-state index in [4.69, 9.17) is 14.7 Å². The number of aromatic nitrogens is 4. The van der Waals surface area contributed by atoms with Crippen LogP contribution in [0.15, 0.2) is 30.5 Å². The lowest BCUT2D eigenvalue weighted by Crippen LogP contribution is -2.08. The van der Waals surface area contributed by atoms with Crippen LogP contribution in [0, 0.1) is 0 Å². The predicted octanol–water partition coefficient (Wildman–Crippen LogP) is 8.03. The second-order valence-electron chi connectivity index (χ2n) is 9.98. The van der Waals surface area contributed by atoms with Gasteiger partial charge in [0.1, 0.15) is 16.9 Å². The minimum atomic E-state index is -0.174. The summed E-state index contributed by atoms with van der Waals surface area (Å²) in [4.78, 5) is 23.0. The van der Waals surface area contributed by atoms with Crippen molar-refractivity contribution in [2.24, 2.45) is 0 Å². The van der Waals surface area contributed by atoms with Gasteiger partial charge >= 0.3 is 5.97 Å². The van der Waals surface area contributed by atoms with Gasteiger partial charge in [0.05, 0.1) is 11.0 Å². The summed E-state index contributed by atoms with van der Waals surface area (Å²) in [6.45, 7) is 7.47. The summed E-state index contributed by atoms with van der Waals surface area (Å²) in [6.07, 6.45) is 15.8. The molecule has 0 fully saturated rings. The first-order chi connectivity index (χ1) is 17.7. The Morgan fingerprint density at radius 1 is 0.833 bits per heavy atom. The number of hydrogen-bond acceptors (Lipinski definition) is 4. The fraction of sp³-hybridized carbons (Fsp3) is 0.567. The molecule has 3 aromatic heterocycles. The van der Waals surface area contributed by atoms with Crippen molar-refractivity contribution < 1.29 is 9.53 Å². The average molecular weight is 491 g/mol. The number of fused-ring (bicyclic) bond motifs is 5. The lowest BCUT2D eigenvalue weighted by atomic mass is 10.1. The number of carbonyl (C=O) groups excluding carboxylic acids is 1. The zero-order chi connectivity index (χ0) is 25.3. The summed E-state index contributed by atoms with van der Waals surface area (Å²) >= 11 is 0. The van der Waals surface area contributed by atoms with Crippen molar-refractivity contribution in [3.05, 3.63) is 36.3 Å². The van der Waals surface area contributed by atoms with Crippen molar-refractivity contribution in [2.75, 3.05) is 0 Å². The molecule has 0 amide bonds. The third kappa shape index (κ3) is 5.91. The molecule has 6 nitrogen and oxygen atoms in total. The van der Waals surface area contributed by atoms with Crippen LogP contribution in [0.5, 0.6) is 5.75 Å². The molecule has 0 atom stereocenters. The van der Waals surface area contributed by atoms with E-state index in [9.17, 15) is 4.79 Å². The second kappa shape index (κ2) is 12.9. The van der Waals surface area contributed by atoms with E-state index in [1.807, 2.05) is 24.4 Å². The third-order valence-electron chi connectivity index (χ3n) is 7.01. The van der Waals surface area contributed by atoms with Crippen molar-refractivity contribution in [1.82, 2.24) is 18.9 Å². The zero-order valence-electron chi connectivity index (χ0n) is 22.4. The Balaban J connectivity index is 1.80. The highest BCUT2D eigenvalue weighted by Crippen LogP contribution is 2.34. The Hall–Kier alpha value is -2.89. The van der Waals surface area contributed by atoms with Gasteiger partial charge in [0.15, 0.2) is 11.4 Å². The van der Waals surface area contributed by atoms with Gasteiger partial charge in [0.25, 0.3) is 0 Å². The molecule has 0 aliphatic rings. The van der Waals surface area contributed by atoms with E-state index in [2.05, 4.69) is 35.8 Å². The summed E-state index contributed by atoms with van der Waals surface area (Å²) in [6, 6.07) is 8.22. The monoisotopic (exact) mass is 490 g/mol. The number of rotatable bonds is 15. The minimum absolute atomic E-state index is 0.174. The number of ether oxygens (including phenoxy) is 1. The molecule has 6 heteroatoms. The van der Waals surface area contributed by atoms with E-state index in [0.717, 1.165) is 78.6 Å². The van der Waals surface area contributed by atoms with Gasteiger partial charge in [-0.05, 0) is 31.4 Å². The van der Waals surface area contributed by atoms with Crippen LogP contribution in [0.4, 0.5) is 0 Å². The maximum absolute atomic E-state index is 12.7. The SMILES string of the molecule is CCCCCCCn1cc(OC(=O)CCCCC)c2c1nc(CCCCC)n1c3ccccc3nc21. The maximum atomic E-state index is 12.7. The topological polar surface area (TPSA) is 61.4 Å². The second-order valence-corrected chi connectivity index (χ2v) is 9.98. The lowest BCUT2D eigenvalue weighted by Gasteiger charge is -2.10. The van der Waals surface area contributed by atoms with Crippen LogP contribution >= 0.6 is 0 Å². The molecule has 3 heterocycles. The van der Waals surface area contributed by atoms with Crippen molar-refractivity contribution in [3.8, 4) is 5.75 Å². The van der Waals surface area contributed by atoms with Crippen LogP contribution in [0.2, 0.25) is 0 Å². The normalized spacial score (nSPS) is 11.8. The van der Waals surface area contributed by atoms with Gasteiger partial charge < -0.3 is 9.30 Å². The molecule has 0 aliphatic carbocycles. The summed E-state index contributed by atoms with van der Waals surface area (Å²) in [5, 5.41) is 0.850. The van der Waals surface area contributed by atoms with Crippen LogP contribution in [0.25, 0.3) is 27.7 Å². The summed E-state index contributed by atoms with van der Waals surface area (Å²) in [5.41, 5.74) is 3.72. The van der Waals surface area contributed by atoms with E-state index in [0.29, 0.717) is 12.2 Å². The molecule has 0 spiro atoms. The van der Waals surface area contributed by atoms with E-state index >= 15 is 0 Å². The predicted molar refractivity (Wildman–Crippen MR) is 148 cm³/mol. The largest absolute Gasteiger partial charge is 0.424 e. The van der Waals surface area contributed by atoms with E-state index in [1.165, 1.54) is 38.5 Å². The van der Waals surface area contributed by atoms with Gasteiger partial charge in [-0.25, -0.2) is 9.97 Å². The first-order valence-corrected chi connectivity index (χ1v) is 14.2. The van der Waals surface area contributed by atoms with Gasteiger partial charge in [0.2, 0.25) is 0 Å². The molecular weight excluding hydrogens is 448 g/mol. The Morgan fingerprint density at radius 3 is 2.36 bits per heavy atom. The first kappa shape index (κ1) is 26.2. The van der Waals surface area contributed by atoms with Crippen LogP contribution in [0.3, 0.4) is 0 Å². The molecule has 0 bridgehead atoms. The highest BCUT2D eigenvalue weighted by Gasteiger charge is 2.22. The summed E-state index contributed by atoms with van der Waals surface area (Å²) in [7, 11) is 0. The van der Waals surface area contributed by atoms with Gasteiger partial charge in [-0.2, -0.15) is 0 Å². The average Bonchev–Trinajstić information content (AvgIpc) is 3.42. The van der Waals surface area contributed by atoms with Crippen LogP contribution < -0.4 is 4.74 Å². The molecule has 4 rings (SSSR count). The molecule has 4 aromatic rings. The maximum Gasteiger partial charge on any atom is 0.311 e. The lowest BCUT2D eigenvalue weighted by molar-refractivity contribution is -0.134. The van der Waals surface area contributed by atoms with E-state index in [1.54, 1.807) is 0 Å². The highest BCUT2D eigenvalue weighted by molar-refractivity contribution is 6.00. The smallest absolute Gasteiger partial charge is 0.311 e. The molecule has 194 valence electrons. The van der Waals surface area contributed by atoms with Crippen molar-refractivity contribution >= 4 is 33.7 Å². The number of esters is 1. The molecule has 0 radical (unpaired) electrons. The molecule has 1 aromatic carbocycles. The van der Waals surface area contributed by atoms with Gasteiger partial charge in [-0.1, -0.05) is 84.3 Å². The molecule has 36 heavy (non-hydrogen) atoms. The Kier molecular flexibility index (Phi) is 9.37. The number of nitrogens with zero attached hydrogens (tertiary/aromatic N) is 4. The number of aryl methyl sites for hydroxylation is 2.